The molecule has 3 saturated carbocycles. The first-order valence-electron chi connectivity index (χ1n) is 12.3. The number of rotatable bonds is 7. The molecule has 14 heteroatoms. The van der Waals surface area contributed by atoms with Gasteiger partial charge in [0.15, 0.2) is 0 Å². The lowest BCUT2D eigenvalue weighted by molar-refractivity contribution is -0.158. The SMILES string of the molecule is O=C(NCc1ccc(F)c(C(F)(F)F)c1)c1cc(C(=O)NCC23CCC(C(=O)O)(CC2)CC3)n2ncnc2n1. The lowest BCUT2D eigenvalue weighted by Gasteiger charge is -2.51. The van der Waals surface area contributed by atoms with Crippen LogP contribution in [0, 0.1) is 16.6 Å². The van der Waals surface area contributed by atoms with Gasteiger partial charge in [-0.15, -0.1) is 0 Å². The summed E-state index contributed by atoms with van der Waals surface area (Å²) in [5.41, 5.74) is -2.53. The number of halogens is 4. The summed E-state index contributed by atoms with van der Waals surface area (Å²) in [5, 5.41) is 18.9. The van der Waals surface area contributed by atoms with E-state index in [9.17, 15) is 37.1 Å². The van der Waals surface area contributed by atoms with Gasteiger partial charge in [-0.2, -0.15) is 27.8 Å². The number of aromatic nitrogens is 4. The molecule has 2 heterocycles. The zero-order valence-corrected chi connectivity index (χ0v) is 20.5. The molecule has 3 aromatic rings. The average Bonchev–Trinajstić information content (AvgIpc) is 3.40. The minimum absolute atomic E-state index is 0.0183. The topological polar surface area (TPSA) is 139 Å². The van der Waals surface area contributed by atoms with E-state index >= 15 is 0 Å². The first-order chi connectivity index (χ1) is 18.4. The Balaban J connectivity index is 1.29. The lowest BCUT2D eigenvalue weighted by atomic mass is 9.53. The molecular weight excluding hydrogens is 524 g/mol. The van der Waals surface area contributed by atoms with Crippen LogP contribution in [0.5, 0.6) is 0 Å². The van der Waals surface area contributed by atoms with Gasteiger partial charge in [0.1, 0.15) is 23.5 Å². The number of aliphatic carboxylic acids is 1. The van der Waals surface area contributed by atoms with Gasteiger partial charge >= 0.3 is 12.1 Å². The van der Waals surface area contributed by atoms with Gasteiger partial charge in [0.2, 0.25) is 0 Å². The summed E-state index contributed by atoms with van der Waals surface area (Å²) in [6.45, 7) is -0.0166. The summed E-state index contributed by atoms with van der Waals surface area (Å²) in [4.78, 5) is 45.7. The normalized spacial score (nSPS) is 22.6. The molecule has 3 fully saturated rings. The maximum Gasteiger partial charge on any atom is 0.419 e. The number of nitrogens with zero attached hydrogens (tertiary/aromatic N) is 4. The third-order valence-electron chi connectivity index (χ3n) is 7.99. The molecule has 3 aliphatic carbocycles. The van der Waals surface area contributed by atoms with Gasteiger partial charge in [0.25, 0.3) is 17.6 Å². The van der Waals surface area contributed by atoms with E-state index in [-0.39, 0.29) is 34.7 Å². The molecule has 39 heavy (non-hydrogen) atoms. The van der Waals surface area contributed by atoms with Gasteiger partial charge in [-0.1, -0.05) is 6.07 Å². The van der Waals surface area contributed by atoms with Gasteiger partial charge in [-0.05, 0) is 61.6 Å². The van der Waals surface area contributed by atoms with Crippen molar-refractivity contribution in [2.24, 2.45) is 10.8 Å². The van der Waals surface area contributed by atoms with E-state index in [0.29, 0.717) is 57.2 Å². The van der Waals surface area contributed by atoms with Crippen LogP contribution in [0.3, 0.4) is 0 Å². The third kappa shape index (κ3) is 5.02. The first kappa shape index (κ1) is 26.5. The van der Waals surface area contributed by atoms with E-state index in [1.807, 2.05) is 0 Å². The summed E-state index contributed by atoms with van der Waals surface area (Å²) >= 11 is 0. The Morgan fingerprint density at radius 1 is 1.00 bits per heavy atom. The van der Waals surface area contributed by atoms with Crippen molar-refractivity contribution in [2.75, 3.05) is 6.54 Å². The van der Waals surface area contributed by atoms with Crippen LogP contribution in [0.15, 0.2) is 30.6 Å². The predicted octanol–water partition coefficient (Wildman–Crippen LogP) is 3.37. The summed E-state index contributed by atoms with van der Waals surface area (Å²) < 4.78 is 53.7. The molecule has 2 aromatic heterocycles. The molecule has 3 N–H and O–H groups in total. The second-order valence-electron chi connectivity index (χ2n) is 10.3. The second-order valence-corrected chi connectivity index (χ2v) is 10.3. The quantitative estimate of drug-likeness (QED) is 0.385. The van der Waals surface area contributed by atoms with Crippen LogP contribution >= 0.6 is 0 Å². The number of hydrogen-bond acceptors (Lipinski definition) is 6. The molecular formula is C25H24F4N6O4. The van der Waals surface area contributed by atoms with Crippen LogP contribution < -0.4 is 10.6 Å². The standard InChI is InChI=1S/C25H24F4N6O4/c26-16-2-1-14(9-15(16)25(27,28)29)11-30-19(36)17-10-18(35-22(34-17)32-13-33-35)20(37)31-12-23-3-6-24(7-4-23,8-5-23)21(38)39/h1-2,9-10,13H,3-8,11-12H2,(H,30,36)(H,31,37)(H,38,39). The van der Waals surface area contributed by atoms with Crippen molar-refractivity contribution in [3.63, 3.8) is 0 Å². The molecule has 0 aliphatic heterocycles. The van der Waals surface area contributed by atoms with E-state index < -0.39 is 40.8 Å². The second kappa shape index (κ2) is 9.58. The maximum absolute atomic E-state index is 13.6. The number of hydrogen-bond donors (Lipinski definition) is 3. The lowest BCUT2D eigenvalue weighted by Crippen LogP contribution is -2.50. The number of benzene rings is 1. The van der Waals surface area contributed by atoms with Crippen LogP contribution in [-0.2, 0) is 17.5 Å². The summed E-state index contributed by atoms with van der Waals surface area (Å²) in [5.74, 6) is -3.54. The smallest absolute Gasteiger partial charge is 0.419 e. The number of carboxylic acids is 1. The highest BCUT2D eigenvalue weighted by molar-refractivity contribution is 5.98. The Hall–Kier alpha value is -4.10. The number of amides is 2. The fourth-order valence-electron chi connectivity index (χ4n) is 5.47. The molecule has 0 saturated heterocycles. The minimum atomic E-state index is -4.89. The number of fused-ring (bicyclic) bond motifs is 4. The first-order valence-corrected chi connectivity index (χ1v) is 12.3. The summed E-state index contributed by atoms with van der Waals surface area (Å²) in [6, 6.07) is 3.61. The Labute approximate surface area is 218 Å². The Kier molecular flexibility index (Phi) is 6.51. The largest absolute Gasteiger partial charge is 0.481 e. The maximum atomic E-state index is 13.6. The van der Waals surface area contributed by atoms with Gasteiger partial charge in [-0.25, -0.2) is 9.37 Å². The number of carbonyl (C=O) groups excluding carboxylic acids is 2. The van der Waals surface area contributed by atoms with Gasteiger partial charge < -0.3 is 15.7 Å². The Bertz CT molecular complexity index is 1450. The van der Waals surface area contributed by atoms with Crippen LogP contribution in [0.1, 0.15) is 70.6 Å². The van der Waals surface area contributed by atoms with Crippen molar-refractivity contribution in [3.05, 3.63) is 58.9 Å². The monoisotopic (exact) mass is 548 g/mol. The number of nitrogens with one attached hydrogen (secondary N) is 2. The van der Waals surface area contributed by atoms with Gasteiger partial charge in [-0.3, -0.25) is 14.4 Å². The third-order valence-corrected chi connectivity index (χ3v) is 7.99. The number of carboxylic acid groups (broad SMARTS) is 1. The summed E-state index contributed by atoms with van der Waals surface area (Å²) in [6.07, 6.45) is -0.00655. The van der Waals surface area contributed by atoms with E-state index in [1.54, 1.807) is 0 Å². The van der Waals surface area contributed by atoms with E-state index in [0.717, 1.165) is 16.9 Å². The van der Waals surface area contributed by atoms with E-state index in [4.69, 9.17) is 0 Å². The fraction of sp³-hybridized carbons (Fsp3) is 0.440. The molecule has 0 unspecified atom stereocenters. The summed E-state index contributed by atoms with van der Waals surface area (Å²) in [7, 11) is 0. The molecule has 206 valence electrons. The Morgan fingerprint density at radius 2 is 1.69 bits per heavy atom. The zero-order chi connectivity index (χ0) is 28.0. The molecule has 1 aromatic carbocycles. The number of carbonyl (C=O) groups is 3. The fourth-order valence-corrected chi connectivity index (χ4v) is 5.47. The molecule has 0 atom stereocenters. The van der Waals surface area contributed by atoms with Crippen molar-refractivity contribution in [1.82, 2.24) is 30.2 Å². The molecule has 6 rings (SSSR count). The van der Waals surface area contributed by atoms with Gasteiger partial charge in [0, 0.05) is 19.2 Å². The van der Waals surface area contributed by atoms with Crippen molar-refractivity contribution >= 4 is 23.6 Å². The molecule has 2 bridgehead atoms. The van der Waals surface area contributed by atoms with Crippen LogP contribution in [0.4, 0.5) is 17.6 Å². The number of alkyl halides is 3. The minimum Gasteiger partial charge on any atom is -0.481 e. The average molecular weight is 548 g/mol. The van der Waals surface area contributed by atoms with Gasteiger partial charge in [0.05, 0.1) is 11.0 Å². The highest BCUT2D eigenvalue weighted by Crippen LogP contribution is 2.56. The highest BCUT2D eigenvalue weighted by atomic mass is 19.4. The molecule has 0 radical (unpaired) electrons. The zero-order valence-electron chi connectivity index (χ0n) is 20.5. The van der Waals surface area contributed by atoms with Crippen molar-refractivity contribution < 1.29 is 37.1 Å². The van der Waals surface area contributed by atoms with E-state index in [1.165, 1.54) is 6.07 Å². The Morgan fingerprint density at radius 3 is 2.33 bits per heavy atom. The van der Waals surface area contributed by atoms with Crippen molar-refractivity contribution in [1.29, 1.82) is 0 Å². The van der Waals surface area contributed by atoms with Crippen LogP contribution in [0.2, 0.25) is 0 Å². The highest BCUT2D eigenvalue weighted by Gasteiger charge is 2.52. The van der Waals surface area contributed by atoms with Crippen LogP contribution in [-0.4, -0.2) is 49.0 Å². The predicted molar refractivity (Wildman–Crippen MR) is 126 cm³/mol. The van der Waals surface area contributed by atoms with Crippen molar-refractivity contribution in [3.8, 4) is 0 Å². The van der Waals surface area contributed by atoms with Crippen LogP contribution in [0.25, 0.3) is 5.78 Å². The molecule has 0 spiro atoms. The van der Waals surface area contributed by atoms with Crippen molar-refractivity contribution in [2.45, 2.75) is 51.2 Å². The molecule has 2 amide bonds. The molecule has 10 nitrogen and oxygen atoms in total. The molecule has 3 aliphatic rings. The van der Waals surface area contributed by atoms with E-state index in [2.05, 4.69) is 25.7 Å².